The number of piperazine rings is 1. The quantitative estimate of drug-likeness (QED) is 0.904. The lowest BCUT2D eigenvalue weighted by Crippen LogP contribution is -2.63. The highest BCUT2D eigenvalue weighted by molar-refractivity contribution is 6.16. The first-order chi connectivity index (χ1) is 13.1. The molecule has 2 saturated heterocycles. The Morgan fingerprint density at radius 2 is 1.56 bits per heavy atom. The van der Waals surface area contributed by atoms with Crippen molar-refractivity contribution in [2.45, 2.75) is 12.6 Å². The number of para-hydroxylation sites is 2. The molecule has 7 heteroatoms. The van der Waals surface area contributed by atoms with Crippen molar-refractivity contribution in [1.29, 1.82) is 0 Å². The molecular formula is C20H21FN4O2. The van der Waals surface area contributed by atoms with E-state index in [-0.39, 0.29) is 24.3 Å². The number of amides is 3. The van der Waals surface area contributed by atoms with Crippen molar-refractivity contribution < 1.29 is 14.0 Å². The topological polar surface area (TPSA) is 55.9 Å². The van der Waals surface area contributed by atoms with Crippen LogP contribution in [0.25, 0.3) is 0 Å². The minimum Gasteiger partial charge on any atom is -0.367 e. The molecule has 6 nitrogen and oxygen atoms in total. The van der Waals surface area contributed by atoms with Gasteiger partial charge in [-0.1, -0.05) is 30.3 Å². The van der Waals surface area contributed by atoms with Gasteiger partial charge in [-0.05, 0) is 24.3 Å². The molecule has 0 radical (unpaired) electrons. The van der Waals surface area contributed by atoms with Gasteiger partial charge in [-0.15, -0.1) is 0 Å². The molecule has 2 aliphatic rings. The molecular weight excluding hydrogens is 347 g/mol. The Kier molecular flexibility index (Phi) is 4.77. The van der Waals surface area contributed by atoms with Gasteiger partial charge < -0.3 is 10.2 Å². The first-order valence-corrected chi connectivity index (χ1v) is 9.05. The molecule has 1 unspecified atom stereocenters. The van der Waals surface area contributed by atoms with E-state index in [1.807, 2.05) is 17.0 Å². The molecule has 1 N–H and O–H groups in total. The van der Waals surface area contributed by atoms with Crippen LogP contribution in [0.15, 0.2) is 54.6 Å². The van der Waals surface area contributed by atoms with Gasteiger partial charge in [-0.25, -0.2) is 14.1 Å². The first kappa shape index (κ1) is 17.5. The van der Waals surface area contributed by atoms with Gasteiger partial charge in [0.1, 0.15) is 5.82 Å². The molecule has 0 spiro atoms. The van der Waals surface area contributed by atoms with Crippen molar-refractivity contribution in [3.8, 4) is 0 Å². The number of carbonyl (C=O) groups is 2. The molecule has 2 heterocycles. The molecule has 0 aromatic heterocycles. The molecule has 2 fully saturated rings. The molecule has 2 aromatic rings. The fraction of sp³-hybridized carbons (Fsp3) is 0.300. The summed E-state index contributed by atoms with van der Waals surface area (Å²) >= 11 is 0. The Morgan fingerprint density at radius 3 is 2.22 bits per heavy atom. The van der Waals surface area contributed by atoms with Crippen LogP contribution in [0.2, 0.25) is 0 Å². The lowest BCUT2D eigenvalue weighted by molar-refractivity contribution is -0.120. The minimum atomic E-state index is -0.404. The van der Waals surface area contributed by atoms with E-state index in [1.165, 1.54) is 11.0 Å². The maximum absolute atomic E-state index is 14.0. The first-order valence-electron chi connectivity index (χ1n) is 9.05. The number of hydrogen-bond donors (Lipinski definition) is 1. The van der Waals surface area contributed by atoms with Crippen LogP contribution >= 0.6 is 0 Å². The van der Waals surface area contributed by atoms with Crippen molar-refractivity contribution in [2.24, 2.45) is 0 Å². The van der Waals surface area contributed by atoms with Crippen LogP contribution in [0, 0.1) is 5.82 Å². The van der Waals surface area contributed by atoms with Gasteiger partial charge in [0.2, 0.25) is 5.91 Å². The summed E-state index contributed by atoms with van der Waals surface area (Å²) in [4.78, 5) is 30.3. The minimum absolute atomic E-state index is 0.216. The highest BCUT2D eigenvalue weighted by Crippen LogP contribution is 2.23. The third-order valence-electron chi connectivity index (χ3n) is 5.07. The molecule has 140 valence electrons. The van der Waals surface area contributed by atoms with Crippen molar-refractivity contribution in [2.75, 3.05) is 36.0 Å². The fourth-order valence-corrected chi connectivity index (χ4v) is 3.67. The fourth-order valence-electron chi connectivity index (χ4n) is 3.67. The summed E-state index contributed by atoms with van der Waals surface area (Å²) in [6.45, 7) is 2.59. The number of anilines is 2. The Morgan fingerprint density at radius 1 is 0.889 bits per heavy atom. The summed E-state index contributed by atoms with van der Waals surface area (Å²) in [6.07, 6.45) is -0.104. The molecule has 0 saturated carbocycles. The molecule has 4 rings (SSSR count). The molecule has 1 atom stereocenters. The van der Waals surface area contributed by atoms with E-state index in [0.717, 1.165) is 0 Å². The van der Waals surface area contributed by atoms with Crippen LogP contribution in [0.5, 0.6) is 0 Å². The van der Waals surface area contributed by atoms with Crippen LogP contribution in [-0.4, -0.2) is 49.2 Å². The number of halogens is 1. The average molecular weight is 368 g/mol. The Bertz CT molecular complexity index is 819. The van der Waals surface area contributed by atoms with Crippen molar-refractivity contribution in [1.82, 2.24) is 10.2 Å². The second kappa shape index (κ2) is 7.36. The molecule has 27 heavy (non-hydrogen) atoms. The zero-order chi connectivity index (χ0) is 18.8. The normalized spacial score (nSPS) is 21.3. The Labute approximate surface area is 157 Å². The number of nitrogens with zero attached hydrogens (tertiary/aromatic N) is 3. The molecule has 3 amide bonds. The lowest BCUT2D eigenvalue weighted by atomic mass is 10.1. The average Bonchev–Trinajstić information content (AvgIpc) is 2.69. The largest absolute Gasteiger partial charge is 0.367 e. The second-order valence-electron chi connectivity index (χ2n) is 6.71. The monoisotopic (exact) mass is 368 g/mol. The Hall–Kier alpha value is -2.93. The molecule has 0 bridgehead atoms. The third kappa shape index (κ3) is 3.50. The van der Waals surface area contributed by atoms with Gasteiger partial charge in [-0.2, -0.15) is 0 Å². The van der Waals surface area contributed by atoms with Crippen LogP contribution in [-0.2, 0) is 4.79 Å². The highest BCUT2D eigenvalue weighted by Gasteiger charge is 2.36. The van der Waals surface area contributed by atoms with E-state index in [0.29, 0.717) is 37.6 Å². The molecule has 2 aromatic carbocycles. The molecule has 2 aliphatic heterocycles. The van der Waals surface area contributed by atoms with Gasteiger partial charge in [0.15, 0.2) is 0 Å². The summed E-state index contributed by atoms with van der Waals surface area (Å²) in [6, 6.07) is 15.2. The van der Waals surface area contributed by atoms with Crippen molar-refractivity contribution in [3.63, 3.8) is 0 Å². The van der Waals surface area contributed by atoms with Gasteiger partial charge in [0, 0.05) is 26.2 Å². The van der Waals surface area contributed by atoms with Gasteiger partial charge >= 0.3 is 6.03 Å². The number of benzene rings is 2. The molecule has 0 aliphatic carbocycles. The number of nitrogens with one attached hydrogen (secondary N) is 1. The van der Waals surface area contributed by atoms with Crippen molar-refractivity contribution in [3.05, 3.63) is 60.4 Å². The van der Waals surface area contributed by atoms with E-state index < -0.39 is 6.03 Å². The van der Waals surface area contributed by atoms with Crippen LogP contribution in [0.1, 0.15) is 6.42 Å². The maximum Gasteiger partial charge on any atom is 0.329 e. The standard InChI is InChI=1S/C20H21FN4O2/c21-16-8-4-5-9-17(16)23-10-12-24(13-11-23)18-14-19(26)25(20(27)22-18)15-6-2-1-3-7-15/h1-9,18H,10-14H2,(H,22,27). The van der Waals surface area contributed by atoms with Gasteiger partial charge in [0.25, 0.3) is 0 Å². The van der Waals surface area contributed by atoms with Crippen LogP contribution in [0.3, 0.4) is 0 Å². The maximum atomic E-state index is 14.0. The van der Waals surface area contributed by atoms with Crippen molar-refractivity contribution >= 4 is 23.3 Å². The zero-order valence-electron chi connectivity index (χ0n) is 14.8. The number of hydrogen-bond acceptors (Lipinski definition) is 4. The smallest absolute Gasteiger partial charge is 0.329 e. The van der Waals surface area contributed by atoms with Crippen LogP contribution < -0.4 is 15.1 Å². The second-order valence-corrected chi connectivity index (χ2v) is 6.71. The predicted octanol–water partition coefficient (Wildman–Crippen LogP) is 2.42. The summed E-state index contributed by atoms with van der Waals surface area (Å²) in [7, 11) is 0. The number of rotatable bonds is 3. The highest BCUT2D eigenvalue weighted by atomic mass is 19.1. The summed E-state index contributed by atoms with van der Waals surface area (Å²) in [5.41, 5.74) is 1.17. The lowest BCUT2D eigenvalue weighted by Gasteiger charge is -2.42. The summed E-state index contributed by atoms with van der Waals surface area (Å²) < 4.78 is 14.0. The van der Waals surface area contributed by atoms with E-state index in [9.17, 15) is 14.0 Å². The Balaban J connectivity index is 1.39. The number of imide groups is 1. The van der Waals surface area contributed by atoms with Gasteiger partial charge in [-0.3, -0.25) is 9.69 Å². The number of urea groups is 1. The summed E-state index contributed by atoms with van der Waals surface area (Å²) in [5, 5.41) is 2.93. The van der Waals surface area contributed by atoms with E-state index >= 15 is 0 Å². The number of carbonyl (C=O) groups excluding carboxylic acids is 2. The van der Waals surface area contributed by atoms with E-state index in [1.54, 1.807) is 36.4 Å². The van der Waals surface area contributed by atoms with Gasteiger partial charge in [0.05, 0.1) is 24.0 Å². The summed E-state index contributed by atoms with van der Waals surface area (Å²) in [5.74, 6) is -0.447. The van der Waals surface area contributed by atoms with E-state index in [2.05, 4.69) is 10.2 Å². The third-order valence-corrected chi connectivity index (χ3v) is 5.07. The van der Waals surface area contributed by atoms with Crippen LogP contribution in [0.4, 0.5) is 20.6 Å². The SMILES string of the molecule is O=C1CC(N2CCN(c3ccccc3F)CC2)NC(=O)N1c1ccccc1. The zero-order valence-corrected chi connectivity index (χ0v) is 14.8. The van der Waals surface area contributed by atoms with E-state index in [4.69, 9.17) is 0 Å². The predicted molar refractivity (Wildman–Crippen MR) is 101 cm³/mol.